The average Bonchev–Trinajstić information content (AvgIpc) is 2.47. The number of nitrogens with one attached hydrogen (secondary N) is 1. The normalized spacial score (nSPS) is 12.7. The van der Waals surface area contributed by atoms with Crippen molar-refractivity contribution in [3.05, 3.63) is 42.5 Å². The van der Waals surface area contributed by atoms with E-state index in [1.165, 1.54) is 19.2 Å². The minimum Gasteiger partial charge on any atom is -0.495 e. The maximum Gasteiger partial charge on any atom is 0.238 e. The molecule has 1 aromatic carbocycles. The van der Waals surface area contributed by atoms with Crippen molar-refractivity contribution in [2.24, 2.45) is 5.14 Å². The van der Waals surface area contributed by atoms with Crippen molar-refractivity contribution in [3.63, 3.8) is 0 Å². The third-order valence-electron chi connectivity index (χ3n) is 2.90. The first kappa shape index (κ1) is 15.2. The van der Waals surface area contributed by atoms with Crippen molar-refractivity contribution in [1.82, 2.24) is 9.97 Å². The Bertz CT molecular complexity index is 719. The molecule has 0 bridgehead atoms. The topological polar surface area (TPSA) is 107 Å². The highest BCUT2D eigenvalue weighted by molar-refractivity contribution is 7.89. The summed E-state index contributed by atoms with van der Waals surface area (Å²) in [5.41, 5.74) is 1.24. The van der Waals surface area contributed by atoms with Crippen LogP contribution in [0.25, 0.3) is 0 Å². The lowest BCUT2D eigenvalue weighted by molar-refractivity contribution is 0.415. The third kappa shape index (κ3) is 3.67. The number of anilines is 1. The average molecular weight is 308 g/mol. The van der Waals surface area contributed by atoms with Crippen LogP contribution in [0.4, 0.5) is 5.69 Å². The molecule has 0 saturated heterocycles. The Kier molecular flexibility index (Phi) is 4.39. The van der Waals surface area contributed by atoms with E-state index >= 15 is 0 Å². The van der Waals surface area contributed by atoms with E-state index in [2.05, 4.69) is 15.3 Å². The highest BCUT2D eigenvalue weighted by Gasteiger charge is 2.14. The van der Waals surface area contributed by atoms with Gasteiger partial charge in [-0.3, -0.25) is 9.97 Å². The molecule has 2 rings (SSSR count). The number of nitrogens with two attached hydrogens (primary N) is 1. The third-order valence-corrected chi connectivity index (χ3v) is 3.81. The van der Waals surface area contributed by atoms with Crippen LogP contribution < -0.4 is 15.2 Å². The van der Waals surface area contributed by atoms with Crippen molar-refractivity contribution in [3.8, 4) is 5.75 Å². The van der Waals surface area contributed by atoms with Gasteiger partial charge in [0, 0.05) is 12.4 Å². The number of benzene rings is 1. The Morgan fingerprint density at radius 1 is 1.33 bits per heavy atom. The zero-order valence-corrected chi connectivity index (χ0v) is 12.5. The van der Waals surface area contributed by atoms with E-state index in [-0.39, 0.29) is 10.9 Å². The number of ether oxygens (including phenoxy) is 1. The van der Waals surface area contributed by atoms with Gasteiger partial charge in [0.15, 0.2) is 0 Å². The number of nitrogens with zero attached hydrogens (tertiary/aromatic N) is 2. The number of methoxy groups -OCH3 is 1. The van der Waals surface area contributed by atoms with Gasteiger partial charge in [-0.05, 0) is 25.1 Å². The number of rotatable bonds is 5. The van der Waals surface area contributed by atoms with Gasteiger partial charge in [0.05, 0.1) is 35.6 Å². The van der Waals surface area contributed by atoms with Gasteiger partial charge in [-0.1, -0.05) is 0 Å². The molecule has 112 valence electrons. The molecule has 3 N–H and O–H groups in total. The van der Waals surface area contributed by atoms with Crippen LogP contribution in [0, 0.1) is 0 Å². The molecule has 2 aromatic rings. The molecular formula is C13H16N4O3S. The zero-order valence-electron chi connectivity index (χ0n) is 11.6. The van der Waals surface area contributed by atoms with Crippen molar-refractivity contribution in [2.45, 2.75) is 17.9 Å². The fourth-order valence-corrected chi connectivity index (χ4v) is 2.36. The summed E-state index contributed by atoms with van der Waals surface area (Å²) >= 11 is 0. The predicted octanol–water partition coefficient (Wildman–Crippen LogP) is 1.31. The van der Waals surface area contributed by atoms with Crippen LogP contribution in [0.5, 0.6) is 5.75 Å². The summed E-state index contributed by atoms with van der Waals surface area (Å²) in [5.74, 6) is 0.512. The summed E-state index contributed by atoms with van der Waals surface area (Å²) in [6.07, 6.45) is 4.80. The van der Waals surface area contributed by atoms with Gasteiger partial charge in [-0.15, -0.1) is 0 Å². The van der Waals surface area contributed by atoms with Crippen LogP contribution in [0.2, 0.25) is 0 Å². The summed E-state index contributed by atoms with van der Waals surface area (Å²) in [7, 11) is -2.27. The van der Waals surface area contributed by atoms with Gasteiger partial charge in [0.25, 0.3) is 0 Å². The molecule has 21 heavy (non-hydrogen) atoms. The first-order chi connectivity index (χ1) is 9.91. The second-order valence-corrected chi connectivity index (χ2v) is 5.96. The van der Waals surface area contributed by atoms with E-state index in [1.807, 2.05) is 6.92 Å². The van der Waals surface area contributed by atoms with Crippen molar-refractivity contribution >= 4 is 15.7 Å². The molecule has 0 radical (unpaired) electrons. The van der Waals surface area contributed by atoms with Gasteiger partial charge in [0.2, 0.25) is 10.0 Å². The minimum absolute atomic E-state index is 0.0112. The predicted molar refractivity (Wildman–Crippen MR) is 78.4 cm³/mol. The van der Waals surface area contributed by atoms with E-state index < -0.39 is 10.0 Å². The summed E-state index contributed by atoms with van der Waals surface area (Å²) < 4.78 is 28.1. The van der Waals surface area contributed by atoms with E-state index in [1.54, 1.807) is 24.7 Å². The number of hydrogen-bond acceptors (Lipinski definition) is 6. The fourth-order valence-electron chi connectivity index (χ4n) is 1.82. The van der Waals surface area contributed by atoms with E-state index in [0.29, 0.717) is 11.4 Å². The standard InChI is InChI=1S/C13H16N4O3S/c1-9(12-8-15-5-6-16-12)17-11-7-10(21(14,18)19)3-4-13(11)20-2/h3-9,17H,1-2H3,(H2,14,18,19). The fraction of sp³-hybridized carbons (Fsp3) is 0.231. The van der Waals surface area contributed by atoms with E-state index in [0.717, 1.165) is 5.69 Å². The Balaban J connectivity index is 2.34. The molecule has 0 aliphatic rings. The number of sulfonamides is 1. The summed E-state index contributed by atoms with van der Waals surface area (Å²) in [6, 6.07) is 4.20. The molecule has 1 aromatic heterocycles. The smallest absolute Gasteiger partial charge is 0.238 e. The maximum atomic E-state index is 11.4. The first-order valence-corrected chi connectivity index (χ1v) is 7.69. The Morgan fingerprint density at radius 2 is 2.10 bits per heavy atom. The maximum absolute atomic E-state index is 11.4. The Morgan fingerprint density at radius 3 is 2.67 bits per heavy atom. The number of hydrogen-bond donors (Lipinski definition) is 2. The molecule has 8 heteroatoms. The van der Waals surface area contributed by atoms with Crippen LogP contribution in [-0.4, -0.2) is 25.5 Å². The first-order valence-electron chi connectivity index (χ1n) is 6.15. The van der Waals surface area contributed by atoms with Gasteiger partial charge in [0.1, 0.15) is 5.75 Å². The van der Waals surface area contributed by atoms with Crippen LogP contribution in [0.15, 0.2) is 41.7 Å². The van der Waals surface area contributed by atoms with Gasteiger partial charge in [-0.25, -0.2) is 13.6 Å². The van der Waals surface area contributed by atoms with Crippen molar-refractivity contribution in [1.29, 1.82) is 0 Å². The lowest BCUT2D eigenvalue weighted by Crippen LogP contribution is -2.14. The molecule has 0 spiro atoms. The molecule has 0 aliphatic heterocycles. The van der Waals surface area contributed by atoms with Crippen LogP contribution in [0.1, 0.15) is 18.7 Å². The van der Waals surface area contributed by atoms with Gasteiger partial charge >= 0.3 is 0 Å². The highest BCUT2D eigenvalue weighted by Crippen LogP contribution is 2.29. The second-order valence-electron chi connectivity index (χ2n) is 4.40. The van der Waals surface area contributed by atoms with Crippen LogP contribution >= 0.6 is 0 Å². The van der Waals surface area contributed by atoms with Crippen molar-refractivity contribution < 1.29 is 13.2 Å². The van der Waals surface area contributed by atoms with Crippen LogP contribution in [-0.2, 0) is 10.0 Å². The number of primary sulfonamides is 1. The summed E-state index contributed by atoms with van der Waals surface area (Å²) in [6.45, 7) is 1.88. The monoisotopic (exact) mass is 308 g/mol. The number of aromatic nitrogens is 2. The molecular weight excluding hydrogens is 292 g/mol. The molecule has 0 saturated carbocycles. The lowest BCUT2D eigenvalue weighted by Gasteiger charge is -2.17. The quantitative estimate of drug-likeness (QED) is 0.862. The molecule has 0 aliphatic carbocycles. The molecule has 7 nitrogen and oxygen atoms in total. The largest absolute Gasteiger partial charge is 0.495 e. The van der Waals surface area contributed by atoms with Crippen LogP contribution in [0.3, 0.4) is 0 Å². The van der Waals surface area contributed by atoms with Gasteiger partial charge in [-0.2, -0.15) is 0 Å². The molecule has 1 atom stereocenters. The Hall–Kier alpha value is -2.19. The van der Waals surface area contributed by atoms with E-state index in [4.69, 9.17) is 9.88 Å². The molecule has 1 unspecified atom stereocenters. The highest BCUT2D eigenvalue weighted by atomic mass is 32.2. The lowest BCUT2D eigenvalue weighted by atomic mass is 10.2. The zero-order chi connectivity index (χ0) is 15.5. The van der Waals surface area contributed by atoms with Crippen molar-refractivity contribution in [2.75, 3.05) is 12.4 Å². The summed E-state index contributed by atoms with van der Waals surface area (Å²) in [5, 5.41) is 8.28. The molecule has 1 heterocycles. The molecule has 0 fully saturated rings. The second kappa shape index (κ2) is 6.06. The molecule has 0 amide bonds. The minimum atomic E-state index is -3.77. The SMILES string of the molecule is COc1ccc(S(N)(=O)=O)cc1NC(C)c1cnccn1. The van der Waals surface area contributed by atoms with Gasteiger partial charge < -0.3 is 10.1 Å². The van der Waals surface area contributed by atoms with E-state index in [9.17, 15) is 8.42 Å². The summed E-state index contributed by atoms with van der Waals surface area (Å²) in [4.78, 5) is 8.20. The Labute approximate surface area is 123 Å².